The van der Waals surface area contributed by atoms with Gasteiger partial charge in [0.15, 0.2) is 0 Å². The van der Waals surface area contributed by atoms with E-state index in [1.54, 1.807) is 12.1 Å². The summed E-state index contributed by atoms with van der Waals surface area (Å²) in [5, 5.41) is 20.3. The summed E-state index contributed by atoms with van der Waals surface area (Å²) in [6.07, 6.45) is 0. The average Bonchev–Trinajstić information content (AvgIpc) is 2.31. The quantitative estimate of drug-likeness (QED) is 0.513. The van der Waals surface area contributed by atoms with Gasteiger partial charge in [0.1, 0.15) is 12.4 Å². The molecule has 0 aromatic heterocycles. The first kappa shape index (κ1) is 14.7. The number of amides is 1. The van der Waals surface area contributed by atoms with Gasteiger partial charge in [0, 0.05) is 10.1 Å². The predicted octanol–water partition coefficient (Wildman–Crippen LogP) is 0.828. The summed E-state index contributed by atoms with van der Waals surface area (Å²) in [5.41, 5.74) is 0.181. The molecule has 1 aromatic rings. The van der Waals surface area contributed by atoms with E-state index in [4.69, 9.17) is 9.84 Å². The van der Waals surface area contributed by atoms with Crippen LogP contribution in [0.2, 0.25) is 0 Å². The molecular weight excluding hydrogens is 353 g/mol. The van der Waals surface area contributed by atoms with Crippen molar-refractivity contribution in [1.82, 2.24) is 5.32 Å². The lowest BCUT2D eigenvalue weighted by Gasteiger charge is -2.07. The SMILES string of the molecule is O=C(O)COCCNC(=O)c1cc(I)ccc1O. The highest BCUT2D eigenvalue weighted by atomic mass is 127. The molecule has 18 heavy (non-hydrogen) atoms. The number of phenolic OH excluding ortho intramolecular Hbond substituents is 1. The van der Waals surface area contributed by atoms with Crippen molar-refractivity contribution in [2.75, 3.05) is 19.8 Å². The van der Waals surface area contributed by atoms with Crippen LogP contribution < -0.4 is 5.32 Å². The fourth-order valence-electron chi connectivity index (χ4n) is 1.18. The molecule has 1 aromatic carbocycles. The Labute approximate surface area is 117 Å². The van der Waals surface area contributed by atoms with E-state index in [1.165, 1.54) is 6.07 Å². The van der Waals surface area contributed by atoms with Crippen LogP contribution in [0, 0.1) is 3.57 Å². The molecule has 3 N–H and O–H groups in total. The molecule has 1 amide bonds. The van der Waals surface area contributed by atoms with E-state index in [-0.39, 0.29) is 24.5 Å². The van der Waals surface area contributed by atoms with E-state index in [9.17, 15) is 14.7 Å². The number of carbonyl (C=O) groups excluding carboxylic acids is 1. The van der Waals surface area contributed by atoms with Crippen molar-refractivity contribution in [3.8, 4) is 5.75 Å². The largest absolute Gasteiger partial charge is 0.507 e. The van der Waals surface area contributed by atoms with Crippen molar-refractivity contribution in [3.05, 3.63) is 27.3 Å². The molecular formula is C11H12INO5. The number of hydrogen-bond donors (Lipinski definition) is 3. The van der Waals surface area contributed by atoms with Crippen molar-refractivity contribution < 1.29 is 24.5 Å². The highest BCUT2D eigenvalue weighted by Crippen LogP contribution is 2.19. The molecule has 0 aliphatic carbocycles. The molecule has 0 atom stereocenters. The number of ether oxygens (including phenoxy) is 1. The van der Waals surface area contributed by atoms with Crippen LogP contribution in [-0.2, 0) is 9.53 Å². The van der Waals surface area contributed by atoms with Crippen LogP contribution in [0.5, 0.6) is 5.75 Å². The van der Waals surface area contributed by atoms with E-state index < -0.39 is 18.5 Å². The monoisotopic (exact) mass is 365 g/mol. The van der Waals surface area contributed by atoms with Crippen LogP contribution >= 0.6 is 22.6 Å². The first-order valence-electron chi connectivity index (χ1n) is 5.07. The lowest BCUT2D eigenvalue weighted by Crippen LogP contribution is -2.28. The summed E-state index contributed by atoms with van der Waals surface area (Å²) in [6.45, 7) is -0.121. The lowest BCUT2D eigenvalue weighted by molar-refractivity contribution is -0.142. The standard InChI is InChI=1S/C11H12INO5/c12-7-1-2-9(14)8(5-7)11(17)13-3-4-18-6-10(15)16/h1-2,5,14H,3-4,6H2,(H,13,17)(H,15,16). The van der Waals surface area contributed by atoms with E-state index in [0.29, 0.717) is 0 Å². The molecule has 0 unspecified atom stereocenters. The van der Waals surface area contributed by atoms with Crippen LogP contribution in [0.4, 0.5) is 0 Å². The van der Waals surface area contributed by atoms with Crippen LogP contribution in [-0.4, -0.2) is 41.8 Å². The van der Waals surface area contributed by atoms with Crippen LogP contribution in [0.1, 0.15) is 10.4 Å². The van der Waals surface area contributed by atoms with E-state index in [2.05, 4.69) is 5.32 Å². The maximum absolute atomic E-state index is 11.7. The highest BCUT2D eigenvalue weighted by molar-refractivity contribution is 14.1. The Morgan fingerprint density at radius 1 is 1.39 bits per heavy atom. The molecule has 6 nitrogen and oxygen atoms in total. The number of carboxylic acid groups (broad SMARTS) is 1. The smallest absolute Gasteiger partial charge is 0.329 e. The van der Waals surface area contributed by atoms with Gasteiger partial charge in [0.2, 0.25) is 0 Å². The molecule has 0 aliphatic rings. The van der Waals surface area contributed by atoms with E-state index in [0.717, 1.165) is 3.57 Å². The minimum Gasteiger partial charge on any atom is -0.507 e. The summed E-state index contributed by atoms with van der Waals surface area (Å²) in [5.74, 6) is -1.58. The highest BCUT2D eigenvalue weighted by Gasteiger charge is 2.10. The predicted molar refractivity (Wildman–Crippen MR) is 71.6 cm³/mol. The van der Waals surface area contributed by atoms with Crippen molar-refractivity contribution in [2.45, 2.75) is 0 Å². The number of halogens is 1. The van der Waals surface area contributed by atoms with Crippen molar-refractivity contribution >= 4 is 34.5 Å². The molecule has 0 saturated heterocycles. The molecule has 0 radical (unpaired) electrons. The number of aliphatic carboxylic acids is 1. The van der Waals surface area contributed by atoms with Gasteiger partial charge in [0.05, 0.1) is 12.2 Å². The number of hydrogen-bond acceptors (Lipinski definition) is 4. The van der Waals surface area contributed by atoms with Gasteiger partial charge in [-0.15, -0.1) is 0 Å². The van der Waals surface area contributed by atoms with Gasteiger partial charge in [-0.1, -0.05) is 0 Å². The molecule has 0 aliphatic heterocycles. The summed E-state index contributed by atoms with van der Waals surface area (Å²) in [6, 6.07) is 4.68. The van der Waals surface area contributed by atoms with Gasteiger partial charge in [0.25, 0.3) is 5.91 Å². The second kappa shape index (κ2) is 7.17. The second-order valence-corrected chi connectivity index (χ2v) is 4.61. The Kier molecular flexibility index (Phi) is 5.86. The van der Waals surface area contributed by atoms with Gasteiger partial charge >= 0.3 is 5.97 Å². The molecule has 0 spiro atoms. The summed E-state index contributed by atoms with van der Waals surface area (Å²) in [4.78, 5) is 21.8. The number of carboxylic acids is 1. The third kappa shape index (κ3) is 4.88. The minimum atomic E-state index is -1.06. The van der Waals surface area contributed by atoms with Crippen molar-refractivity contribution in [3.63, 3.8) is 0 Å². The van der Waals surface area contributed by atoms with Crippen molar-refractivity contribution in [1.29, 1.82) is 0 Å². The Balaban J connectivity index is 2.41. The van der Waals surface area contributed by atoms with Gasteiger partial charge in [-0.3, -0.25) is 4.79 Å². The number of rotatable bonds is 6. The number of phenols is 1. The first-order chi connectivity index (χ1) is 8.50. The molecule has 0 bridgehead atoms. The van der Waals surface area contributed by atoms with Gasteiger partial charge in [-0.05, 0) is 40.8 Å². The maximum atomic E-state index is 11.7. The number of nitrogens with one attached hydrogen (secondary N) is 1. The zero-order valence-corrected chi connectivity index (χ0v) is 11.5. The second-order valence-electron chi connectivity index (χ2n) is 3.36. The number of carbonyl (C=O) groups is 2. The molecule has 7 heteroatoms. The Bertz CT molecular complexity index is 449. The minimum absolute atomic E-state index is 0.0978. The Hall–Kier alpha value is -1.35. The molecule has 1 rings (SSSR count). The van der Waals surface area contributed by atoms with E-state index >= 15 is 0 Å². The number of benzene rings is 1. The van der Waals surface area contributed by atoms with Crippen LogP contribution in [0.15, 0.2) is 18.2 Å². The number of aromatic hydroxyl groups is 1. The van der Waals surface area contributed by atoms with E-state index in [1.807, 2.05) is 22.6 Å². The van der Waals surface area contributed by atoms with Gasteiger partial charge in [-0.2, -0.15) is 0 Å². The topological polar surface area (TPSA) is 95.9 Å². The van der Waals surface area contributed by atoms with Gasteiger partial charge in [-0.25, -0.2) is 4.79 Å². The van der Waals surface area contributed by atoms with Crippen LogP contribution in [0.25, 0.3) is 0 Å². The Morgan fingerprint density at radius 3 is 2.78 bits per heavy atom. The fraction of sp³-hybridized carbons (Fsp3) is 0.273. The third-order valence-corrected chi connectivity index (χ3v) is 2.63. The summed E-state index contributed by atoms with van der Waals surface area (Å²) < 4.78 is 5.59. The molecule has 0 fully saturated rings. The van der Waals surface area contributed by atoms with Gasteiger partial charge < -0.3 is 20.3 Å². The third-order valence-electron chi connectivity index (χ3n) is 1.96. The molecule has 98 valence electrons. The summed E-state index contributed by atoms with van der Waals surface area (Å²) >= 11 is 2.03. The average molecular weight is 365 g/mol. The van der Waals surface area contributed by atoms with Crippen molar-refractivity contribution in [2.24, 2.45) is 0 Å². The zero-order valence-electron chi connectivity index (χ0n) is 9.35. The maximum Gasteiger partial charge on any atom is 0.329 e. The fourth-order valence-corrected chi connectivity index (χ4v) is 1.67. The normalized spacial score (nSPS) is 10.1. The molecule has 0 heterocycles. The lowest BCUT2D eigenvalue weighted by atomic mass is 10.2. The molecule has 0 saturated carbocycles. The zero-order chi connectivity index (χ0) is 13.5. The summed E-state index contributed by atoms with van der Waals surface area (Å²) in [7, 11) is 0. The first-order valence-corrected chi connectivity index (χ1v) is 6.15. The van der Waals surface area contributed by atoms with Crippen LogP contribution in [0.3, 0.4) is 0 Å². The Morgan fingerprint density at radius 2 is 2.11 bits per heavy atom.